The third kappa shape index (κ3) is 17.3. The van der Waals surface area contributed by atoms with Gasteiger partial charge in [-0.1, -0.05) is 109 Å². The van der Waals surface area contributed by atoms with E-state index in [2.05, 4.69) is 41.6 Å². The maximum absolute atomic E-state index is 15.5. The number of anilines is 2. The van der Waals surface area contributed by atoms with Gasteiger partial charge in [-0.15, -0.1) is 15.3 Å². The van der Waals surface area contributed by atoms with Crippen molar-refractivity contribution in [1.29, 1.82) is 0 Å². The summed E-state index contributed by atoms with van der Waals surface area (Å²) in [7, 11) is -0.962. The fraction of sp³-hybridized carbons (Fsp3) is 0.244. The van der Waals surface area contributed by atoms with Crippen LogP contribution in [0.1, 0.15) is 68.5 Å². The van der Waals surface area contributed by atoms with Gasteiger partial charge >= 0.3 is 12.4 Å². The van der Waals surface area contributed by atoms with Gasteiger partial charge in [-0.25, -0.2) is 21.5 Å². The van der Waals surface area contributed by atoms with Crippen LogP contribution in [0.25, 0.3) is 45.0 Å². The molecule has 2 aromatic heterocycles. The van der Waals surface area contributed by atoms with Crippen LogP contribution in [0.3, 0.4) is 0 Å². The second-order valence-electron chi connectivity index (χ2n) is 26.4. The zero-order chi connectivity index (χ0) is 78.9. The normalized spacial score (nSPS) is 12.9. The summed E-state index contributed by atoms with van der Waals surface area (Å²) >= 11 is 0. The highest BCUT2D eigenvalue weighted by molar-refractivity contribution is 7.89. The van der Waals surface area contributed by atoms with E-state index < -0.39 is 53.3 Å². The number of hydrogen-bond acceptors (Lipinski definition) is 18. The molecular formula is C82H78F6N12O10S2. The minimum absolute atomic E-state index is 0.0252. The Balaban J connectivity index is 0.000000196. The van der Waals surface area contributed by atoms with Gasteiger partial charge in [0.05, 0.1) is 72.4 Å². The van der Waals surface area contributed by atoms with Crippen molar-refractivity contribution < 1.29 is 71.6 Å². The minimum atomic E-state index is -5.09. The Morgan fingerprint density at radius 1 is 0.402 bits per heavy atom. The van der Waals surface area contributed by atoms with Gasteiger partial charge in [0.2, 0.25) is 25.9 Å². The van der Waals surface area contributed by atoms with Crippen LogP contribution in [0, 0.1) is 0 Å². The smallest absolute Gasteiger partial charge is 0.417 e. The zero-order valence-electron chi connectivity index (χ0n) is 61.8. The van der Waals surface area contributed by atoms with E-state index in [1.807, 2.05) is 12.1 Å². The van der Waals surface area contributed by atoms with Crippen molar-refractivity contribution >= 4 is 31.4 Å². The van der Waals surface area contributed by atoms with Crippen LogP contribution in [0.2, 0.25) is 0 Å². The Morgan fingerprint density at radius 3 is 1.12 bits per heavy atom. The number of aromatic nitrogens is 8. The third-order valence-electron chi connectivity index (χ3n) is 19.4. The maximum atomic E-state index is 15.5. The number of methoxy groups -OCH3 is 6. The number of fused-ring (bicyclic) bond motifs is 2. The number of sulfonamides is 2. The molecule has 2 aliphatic heterocycles. The number of nitrogens with one attached hydrogen (secondary N) is 2. The molecule has 0 unspecified atom stereocenters. The number of hydrogen-bond donors (Lipinski definition) is 2. The molecule has 0 fully saturated rings. The van der Waals surface area contributed by atoms with Crippen LogP contribution in [0.5, 0.6) is 34.5 Å². The molecule has 30 heteroatoms. The van der Waals surface area contributed by atoms with Crippen molar-refractivity contribution in [3.05, 3.63) is 262 Å². The molecule has 0 saturated carbocycles. The number of tetrazole rings is 2. The lowest BCUT2D eigenvalue weighted by Gasteiger charge is -2.28. The number of alkyl halides is 6. The summed E-state index contributed by atoms with van der Waals surface area (Å²) in [6, 6.07) is 56.1. The zero-order valence-corrected chi connectivity index (χ0v) is 63.4. The van der Waals surface area contributed by atoms with Crippen LogP contribution in [0.15, 0.2) is 216 Å². The Labute approximate surface area is 643 Å². The van der Waals surface area contributed by atoms with E-state index in [-0.39, 0.29) is 73.2 Å². The molecule has 22 nitrogen and oxygen atoms in total. The average Bonchev–Trinajstić information content (AvgIpc) is 1.04. The predicted octanol–water partition coefficient (Wildman–Crippen LogP) is 15.7. The van der Waals surface area contributed by atoms with Gasteiger partial charge in [0.15, 0.2) is 5.82 Å². The Morgan fingerprint density at radius 2 is 0.750 bits per heavy atom. The first kappa shape index (κ1) is 78.3. The van der Waals surface area contributed by atoms with E-state index in [0.29, 0.717) is 86.3 Å². The summed E-state index contributed by atoms with van der Waals surface area (Å²) in [6.45, 7) is 0.533. The van der Waals surface area contributed by atoms with E-state index in [1.165, 1.54) is 57.2 Å². The predicted molar refractivity (Wildman–Crippen MR) is 410 cm³/mol. The number of rotatable bonds is 26. The Kier molecular flexibility index (Phi) is 23.6. The summed E-state index contributed by atoms with van der Waals surface area (Å²) in [5, 5.41) is 32.1. The molecule has 0 bridgehead atoms. The van der Waals surface area contributed by atoms with Gasteiger partial charge in [-0.2, -0.15) is 39.7 Å². The Bertz CT molecular complexity index is 5430. The van der Waals surface area contributed by atoms with E-state index in [1.54, 1.807) is 177 Å². The topological polar surface area (TPSA) is 241 Å². The number of nitrogens with zero attached hydrogens (tertiary/aromatic N) is 10. The largest absolute Gasteiger partial charge is 0.497 e. The standard InChI is InChI=1S/2C41H39F3N6O5S/c1-53-30-15-9-27(10-16-30)24-49(25-28-11-17-31(54-2)18-12-28)56(51,52)39-36(41(42,43)44)22-21-35(33-6-4-8-37-34(33)7-5-23-45-37)38(39)40-46-47-48-50(40)26-29-13-19-32(55-3)20-14-29;1-53-30-15-9-27(10-16-30)24-49(25-28-11-17-31(54-2)18-12-28)56(51,52)39-36(41(42,43)44)22-21-35(33-6-4-8-37-34(33)7-5-23-45-37)38(39)40-46-48-50(47-40)26-29-13-19-32(55-3)20-14-29/h2*4,6,8-22,45H,5,7,23-26H2,1-3H3. The van der Waals surface area contributed by atoms with Crippen LogP contribution < -0.4 is 39.1 Å². The summed E-state index contributed by atoms with van der Waals surface area (Å²) in [5.74, 6) is 2.99. The molecule has 2 aliphatic rings. The monoisotopic (exact) mass is 1570 g/mol. The molecule has 112 heavy (non-hydrogen) atoms. The van der Waals surface area contributed by atoms with Crippen molar-refractivity contribution in [3.63, 3.8) is 0 Å². The summed E-state index contributed by atoms with van der Waals surface area (Å²) in [4.78, 5) is -0.682. The lowest BCUT2D eigenvalue weighted by atomic mass is 9.89. The highest BCUT2D eigenvalue weighted by Crippen LogP contribution is 2.50. The molecule has 580 valence electrons. The highest BCUT2D eigenvalue weighted by atomic mass is 32.2. The molecule has 0 aliphatic carbocycles. The van der Waals surface area contributed by atoms with Gasteiger partial charge in [0.1, 0.15) is 44.3 Å². The van der Waals surface area contributed by atoms with Gasteiger partial charge in [-0.05, 0) is 205 Å². The fourth-order valence-electron chi connectivity index (χ4n) is 13.7. The van der Waals surface area contributed by atoms with Gasteiger partial charge in [0, 0.05) is 56.2 Å². The third-order valence-corrected chi connectivity index (χ3v) is 23.1. The molecule has 0 atom stereocenters. The van der Waals surface area contributed by atoms with E-state index in [4.69, 9.17) is 28.4 Å². The maximum Gasteiger partial charge on any atom is 0.417 e. The molecule has 0 amide bonds. The summed E-state index contributed by atoms with van der Waals surface area (Å²) in [5.41, 5.74) is 5.31. The molecule has 4 heterocycles. The van der Waals surface area contributed by atoms with Crippen molar-refractivity contribution in [1.82, 2.24) is 49.0 Å². The van der Waals surface area contributed by atoms with Gasteiger partial charge in [0.25, 0.3) is 0 Å². The molecule has 10 aromatic carbocycles. The number of ether oxygens (including phenoxy) is 6. The average molecular weight is 1570 g/mol. The molecule has 2 N–H and O–H groups in total. The summed E-state index contributed by atoms with van der Waals surface area (Å²) in [6.07, 6.45) is -7.37. The molecule has 12 aromatic rings. The lowest BCUT2D eigenvalue weighted by molar-refractivity contribution is -0.140. The van der Waals surface area contributed by atoms with Crippen molar-refractivity contribution in [2.24, 2.45) is 0 Å². The second-order valence-corrected chi connectivity index (χ2v) is 30.1. The van der Waals surface area contributed by atoms with Crippen molar-refractivity contribution in [3.8, 4) is 79.5 Å². The van der Waals surface area contributed by atoms with E-state index in [0.717, 1.165) is 74.7 Å². The Hall–Kier alpha value is -11.9. The fourth-order valence-corrected chi connectivity index (χ4v) is 17.3. The van der Waals surface area contributed by atoms with Crippen LogP contribution in [-0.4, -0.2) is 122 Å². The second kappa shape index (κ2) is 33.8. The van der Waals surface area contributed by atoms with Crippen LogP contribution in [-0.2, 0) is 84.5 Å². The molecular weight excluding hydrogens is 1490 g/mol. The molecule has 0 spiro atoms. The summed E-state index contributed by atoms with van der Waals surface area (Å²) < 4.78 is 189. The van der Waals surface area contributed by atoms with Crippen molar-refractivity contribution in [2.45, 2.75) is 87.1 Å². The molecule has 0 radical (unpaired) electrons. The van der Waals surface area contributed by atoms with Crippen molar-refractivity contribution in [2.75, 3.05) is 66.4 Å². The minimum Gasteiger partial charge on any atom is -0.497 e. The first-order valence-electron chi connectivity index (χ1n) is 35.5. The first-order chi connectivity index (χ1) is 54.0. The lowest BCUT2D eigenvalue weighted by Crippen LogP contribution is -2.32. The van der Waals surface area contributed by atoms with Gasteiger partial charge < -0.3 is 39.1 Å². The van der Waals surface area contributed by atoms with E-state index >= 15 is 43.2 Å². The van der Waals surface area contributed by atoms with Crippen LogP contribution >= 0.6 is 0 Å². The number of benzene rings is 10. The van der Waals surface area contributed by atoms with E-state index in [9.17, 15) is 0 Å². The quantitative estimate of drug-likeness (QED) is 0.0479. The van der Waals surface area contributed by atoms with Crippen LogP contribution in [0.4, 0.5) is 37.7 Å². The van der Waals surface area contributed by atoms with Gasteiger partial charge in [-0.3, -0.25) is 0 Å². The SMILES string of the molecule is COc1ccc(CN(Cc2ccc(OC)cc2)S(=O)(=O)c2c(C(F)(F)F)ccc(-c3cccc4c3CCCN4)c2-c2nnn(Cc3ccc(OC)cc3)n2)cc1.COc1ccc(CN(Cc2ccc(OC)cc2)S(=O)(=O)c2c(C(F)(F)F)ccc(-c3cccc4c3CCCN4)c2-c2nnnn2Cc2ccc(OC)cc2)cc1. The molecule has 0 saturated heterocycles. The highest BCUT2D eigenvalue weighted by Gasteiger charge is 2.46. The first-order valence-corrected chi connectivity index (χ1v) is 38.4. The number of halogens is 6. The molecule has 14 rings (SSSR count).